The molecule has 0 aromatic heterocycles. The third-order valence-electron chi connectivity index (χ3n) is 3.81. The van der Waals surface area contributed by atoms with E-state index in [1.807, 2.05) is 25.1 Å². The maximum absolute atomic E-state index is 6.08. The van der Waals surface area contributed by atoms with Gasteiger partial charge in [0, 0.05) is 23.8 Å². The third kappa shape index (κ3) is 4.23. The summed E-state index contributed by atoms with van der Waals surface area (Å²) in [6.45, 7) is 4.21. The molecule has 0 fully saturated rings. The van der Waals surface area contributed by atoms with Gasteiger partial charge in [-0.3, -0.25) is 0 Å². The van der Waals surface area contributed by atoms with Crippen LogP contribution in [-0.4, -0.2) is 13.1 Å². The molecule has 2 aromatic rings. The van der Waals surface area contributed by atoms with E-state index in [0.717, 1.165) is 11.4 Å². The van der Waals surface area contributed by atoms with Crippen molar-refractivity contribution in [3.8, 4) is 0 Å². The van der Waals surface area contributed by atoms with Gasteiger partial charge in [-0.2, -0.15) is 0 Å². The Kier molecular flexibility index (Phi) is 5.27. The van der Waals surface area contributed by atoms with Crippen molar-refractivity contribution in [3.05, 3.63) is 64.7 Å². The zero-order valence-corrected chi connectivity index (χ0v) is 13.6. The van der Waals surface area contributed by atoms with Crippen LogP contribution in [0.2, 0.25) is 5.02 Å². The summed E-state index contributed by atoms with van der Waals surface area (Å²) in [5.74, 6) is 0. The van der Waals surface area contributed by atoms with Crippen LogP contribution < -0.4 is 10.6 Å². The number of nitrogens with two attached hydrogens (primary N) is 1. The van der Waals surface area contributed by atoms with E-state index < -0.39 is 0 Å². The number of hydrogen-bond donors (Lipinski definition) is 1. The highest BCUT2D eigenvalue weighted by molar-refractivity contribution is 6.30. The molecule has 0 spiro atoms. The summed E-state index contributed by atoms with van der Waals surface area (Å²) in [7, 11) is 2.10. The highest BCUT2D eigenvalue weighted by atomic mass is 35.5. The van der Waals surface area contributed by atoms with Crippen LogP contribution in [0.1, 0.15) is 31.0 Å². The van der Waals surface area contributed by atoms with Crippen LogP contribution in [0.3, 0.4) is 0 Å². The van der Waals surface area contributed by atoms with Gasteiger partial charge < -0.3 is 10.6 Å². The average Bonchev–Trinajstić information content (AvgIpc) is 2.46. The molecular formula is C18H23ClN2. The summed E-state index contributed by atoms with van der Waals surface area (Å²) in [6, 6.07) is 17.1. The van der Waals surface area contributed by atoms with E-state index in [-0.39, 0.29) is 12.1 Å². The Morgan fingerprint density at radius 1 is 1.10 bits per heavy atom. The minimum absolute atomic E-state index is 0.193. The van der Waals surface area contributed by atoms with Crippen molar-refractivity contribution in [3.63, 3.8) is 0 Å². The average molecular weight is 303 g/mol. The Morgan fingerprint density at radius 3 is 2.33 bits per heavy atom. The summed E-state index contributed by atoms with van der Waals surface area (Å²) in [5, 5.41) is 0.778. The zero-order valence-electron chi connectivity index (χ0n) is 12.9. The Bertz CT molecular complexity index is 578. The molecule has 2 N–H and O–H groups in total. The van der Waals surface area contributed by atoms with Gasteiger partial charge >= 0.3 is 0 Å². The molecule has 2 unspecified atom stereocenters. The molecule has 0 aliphatic rings. The van der Waals surface area contributed by atoms with Crippen molar-refractivity contribution < 1.29 is 0 Å². The van der Waals surface area contributed by atoms with Crippen molar-refractivity contribution in [1.29, 1.82) is 0 Å². The number of hydrogen-bond acceptors (Lipinski definition) is 2. The second kappa shape index (κ2) is 6.97. The van der Waals surface area contributed by atoms with Gasteiger partial charge in [0.25, 0.3) is 0 Å². The van der Waals surface area contributed by atoms with Crippen LogP contribution >= 0.6 is 11.6 Å². The Hall–Kier alpha value is -1.51. The first kappa shape index (κ1) is 15.9. The summed E-state index contributed by atoms with van der Waals surface area (Å²) in [6.07, 6.45) is 0.911. The lowest BCUT2D eigenvalue weighted by Crippen LogP contribution is -2.21. The van der Waals surface area contributed by atoms with E-state index in [1.165, 1.54) is 16.8 Å². The number of rotatable bonds is 5. The van der Waals surface area contributed by atoms with Crippen LogP contribution in [0.5, 0.6) is 0 Å². The van der Waals surface area contributed by atoms with Gasteiger partial charge in [-0.15, -0.1) is 0 Å². The Labute approximate surface area is 132 Å². The number of benzene rings is 2. The smallest absolute Gasteiger partial charge is 0.0511 e. The van der Waals surface area contributed by atoms with Crippen molar-refractivity contribution in [1.82, 2.24) is 0 Å². The molecule has 0 bridgehead atoms. The normalized spacial score (nSPS) is 13.8. The third-order valence-corrected chi connectivity index (χ3v) is 4.05. The van der Waals surface area contributed by atoms with E-state index in [4.69, 9.17) is 17.3 Å². The molecule has 0 heterocycles. The quantitative estimate of drug-likeness (QED) is 0.885. The highest BCUT2D eigenvalue weighted by Gasteiger charge is 2.12. The molecule has 112 valence electrons. The van der Waals surface area contributed by atoms with Crippen LogP contribution in [0, 0.1) is 0 Å². The van der Waals surface area contributed by atoms with E-state index in [9.17, 15) is 0 Å². The second-order valence-corrected chi connectivity index (χ2v) is 6.13. The Balaban J connectivity index is 2.13. The SMILES string of the molecule is CC(N)Cc1ccc(N(C)C(C)c2cccc(Cl)c2)cc1. The second-order valence-electron chi connectivity index (χ2n) is 5.69. The van der Waals surface area contributed by atoms with Gasteiger partial charge in [0.2, 0.25) is 0 Å². The molecular weight excluding hydrogens is 280 g/mol. The van der Waals surface area contributed by atoms with Crippen LogP contribution in [0.4, 0.5) is 5.69 Å². The number of halogens is 1. The first-order valence-electron chi connectivity index (χ1n) is 7.30. The first-order chi connectivity index (χ1) is 9.97. The molecule has 2 aromatic carbocycles. The fourth-order valence-electron chi connectivity index (χ4n) is 2.45. The van der Waals surface area contributed by atoms with Gasteiger partial charge in [0.05, 0.1) is 6.04 Å². The molecule has 2 nitrogen and oxygen atoms in total. The molecule has 21 heavy (non-hydrogen) atoms. The van der Waals surface area contributed by atoms with Crippen LogP contribution in [0.25, 0.3) is 0 Å². The molecule has 0 amide bonds. The minimum Gasteiger partial charge on any atom is -0.368 e. The van der Waals surface area contributed by atoms with Crippen molar-refractivity contribution in [2.45, 2.75) is 32.4 Å². The topological polar surface area (TPSA) is 29.3 Å². The fourth-order valence-corrected chi connectivity index (χ4v) is 2.65. The van der Waals surface area contributed by atoms with E-state index in [2.05, 4.69) is 49.2 Å². The number of nitrogens with zero attached hydrogens (tertiary/aromatic N) is 1. The van der Waals surface area contributed by atoms with Crippen molar-refractivity contribution in [2.24, 2.45) is 5.73 Å². The predicted octanol–water partition coefficient (Wildman–Crippen LogP) is 4.43. The molecule has 3 heteroatoms. The van der Waals surface area contributed by atoms with Gasteiger partial charge in [0.1, 0.15) is 0 Å². The summed E-state index contributed by atoms with van der Waals surface area (Å²) in [4.78, 5) is 2.25. The van der Waals surface area contributed by atoms with Gasteiger partial charge in [-0.25, -0.2) is 0 Å². The van der Waals surface area contributed by atoms with E-state index >= 15 is 0 Å². The zero-order chi connectivity index (χ0) is 15.4. The molecule has 0 saturated carbocycles. The largest absolute Gasteiger partial charge is 0.368 e. The fraction of sp³-hybridized carbons (Fsp3) is 0.333. The molecule has 0 aliphatic heterocycles. The Morgan fingerprint density at radius 2 is 1.76 bits per heavy atom. The first-order valence-corrected chi connectivity index (χ1v) is 7.68. The summed E-state index contributed by atoms with van der Waals surface area (Å²) >= 11 is 6.08. The lowest BCUT2D eigenvalue weighted by atomic mass is 10.0. The van der Waals surface area contributed by atoms with Gasteiger partial charge in [-0.05, 0) is 55.7 Å². The molecule has 2 rings (SSSR count). The van der Waals surface area contributed by atoms with Crippen molar-refractivity contribution in [2.75, 3.05) is 11.9 Å². The van der Waals surface area contributed by atoms with Crippen molar-refractivity contribution >= 4 is 17.3 Å². The standard InChI is InChI=1S/C18H23ClN2/c1-13(20)11-15-7-9-18(10-8-15)21(3)14(2)16-5-4-6-17(19)12-16/h4-10,12-14H,11,20H2,1-3H3. The molecule has 0 radical (unpaired) electrons. The molecule has 2 atom stereocenters. The van der Waals surface area contributed by atoms with Crippen LogP contribution in [0.15, 0.2) is 48.5 Å². The number of anilines is 1. The lowest BCUT2D eigenvalue weighted by molar-refractivity contribution is 0.732. The minimum atomic E-state index is 0.193. The molecule has 0 aliphatic carbocycles. The lowest BCUT2D eigenvalue weighted by Gasteiger charge is -2.27. The maximum Gasteiger partial charge on any atom is 0.0511 e. The predicted molar refractivity (Wildman–Crippen MR) is 92.1 cm³/mol. The summed E-state index contributed by atoms with van der Waals surface area (Å²) in [5.41, 5.74) is 9.52. The van der Waals surface area contributed by atoms with E-state index in [1.54, 1.807) is 0 Å². The van der Waals surface area contributed by atoms with Crippen LogP contribution in [-0.2, 0) is 6.42 Å². The van der Waals surface area contributed by atoms with Gasteiger partial charge in [-0.1, -0.05) is 35.9 Å². The maximum atomic E-state index is 6.08. The highest BCUT2D eigenvalue weighted by Crippen LogP contribution is 2.27. The summed E-state index contributed by atoms with van der Waals surface area (Å²) < 4.78 is 0. The van der Waals surface area contributed by atoms with Gasteiger partial charge in [0.15, 0.2) is 0 Å². The van der Waals surface area contributed by atoms with E-state index in [0.29, 0.717) is 0 Å². The monoisotopic (exact) mass is 302 g/mol. The molecule has 0 saturated heterocycles.